The number of hydrogen-bond donors (Lipinski definition) is 1. The van der Waals surface area contributed by atoms with Crippen LogP contribution in [0.2, 0.25) is 0 Å². The van der Waals surface area contributed by atoms with Crippen LogP contribution in [0.5, 0.6) is 5.75 Å². The largest absolute Gasteiger partial charge is 0.497 e. The van der Waals surface area contributed by atoms with Crippen molar-refractivity contribution in [1.29, 1.82) is 0 Å². The predicted molar refractivity (Wildman–Crippen MR) is 127 cm³/mol. The minimum absolute atomic E-state index is 0.0591. The normalized spacial score (nSPS) is 18.8. The van der Waals surface area contributed by atoms with Crippen molar-refractivity contribution in [1.82, 2.24) is 24.6 Å². The SMILES string of the molecule is COc1ccc(CN2CCC[C@@H]2c2nn(CCO)cc2-c2ccnc(N3CCCC3)n2)cc1. The Morgan fingerprint density at radius 3 is 2.64 bits per heavy atom. The second kappa shape index (κ2) is 9.89. The van der Waals surface area contributed by atoms with Crippen LogP contribution in [0.15, 0.2) is 42.7 Å². The van der Waals surface area contributed by atoms with Crippen LogP contribution in [-0.4, -0.2) is 63.1 Å². The highest BCUT2D eigenvalue weighted by Crippen LogP contribution is 2.37. The molecule has 8 nitrogen and oxygen atoms in total. The maximum absolute atomic E-state index is 9.52. The zero-order valence-electron chi connectivity index (χ0n) is 19.2. The number of anilines is 1. The molecule has 1 N–H and O–H groups in total. The first-order valence-electron chi connectivity index (χ1n) is 11.9. The van der Waals surface area contributed by atoms with Gasteiger partial charge in [-0.15, -0.1) is 0 Å². The smallest absolute Gasteiger partial charge is 0.225 e. The minimum atomic E-state index is 0.0591. The van der Waals surface area contributed by atoms with Crippen molar-refractivity contribution in [2.45, 2.75) is 44.8 Å². The van der Waals surface area contributed by atoms with Crippen molar-refractivity contribution in [3.05, 3.63) is 54.0 Å². The van der Waals surface area contributed by atoms with Gasteiger partial charge >= 0.3 is 0 Å². The molecule has 174 valence electrons. The van der Waals surface area contributed by atoms with Gasteiger partial charge in [0.25, 0.3) is 0 Å². The van der Waals surface area contributed by atoms with E-state index in [4.69, 9.17) is 14.8 Å². The third-order valence-corrected chi connectivity index (χ3v) is 6.65. The molecule has 0 amide bonds. The average Bonchev–Trinajstić information content (AvgIpc) is 3.61. The molecule has 3 aromatic rings. The molecule has 1 atom stereocenters. The fourth-order valence-corrected chi connectivity index (χ4v) is 4.96. The highest BCUT2D eigenvalue weighted by Gasteiger charge is 2.31. The van der Waals surface area contributed by atoms with Crippen molar-refractivity contribution in [2.75, 3.05) is 38.3 Å². The van der Waals surface area contributed by atoms with E-state index < -0.39 is 0 Å². The van der Waals surface area contributed by atoms with E-state index in [-0.39, 0.29) is 12.6 Å². The summed E-state index contributed by atoms with van der Waals surface area (Å²) in [5, 5.41) is 14.4. The van der Waals surface area contributed by atoms with Crippen molar-refractivity contribution in [3.8, 4) is 17.0 Å². The summed E-state index contributed by atoms with van der Waals surface area (Å²) in [7, 11) is 1.69. The van der Waals surface area contributed by atoms with Crippen LogP contribution < -0.4 is 9.64 Å². The Hall–Kier alpha value is -2.97. The quantitative estimate of drug-likeness (QED) is 0.566. The van der Waals surface area contributed by atoms with Crippen LogP contribution in [-0.2, 0) is 13.1 Å². The van der Waals surface area contributed by atoms with Crippen LogP contribution in [0.3, 0.4) is 0 Å². The molecule has 0 bridgehead atoms. The third-order valence-electron chi connectivity index (χ3n) is 6.65. The van der Waals surface area contributed by atoms with Gasteiger partial charge in [0.05, 0.1) is 37.7 Å². The fourth-order valence-electron chi connectivity index (χ4n) is 4.96. The van der Waals surface area contributed by atoms with Gasteiger partial charge in [-0.3, -0.25) is 9.58 Å². The molecule has 2 saturated heterocycles. The number of rotatable bonds is 8. The number of benzene rings is 1. The highest BCUT2D eigenvalue weighted by atomic mass is 16.5. The Morgan fingerprint density at radius 1 is 1.06 bits per heavy atom. The van der Waals surface area contributed by atoms with Crippen LogP contribution in [0.1, 0.15) is 43.0 Å². The zero-order valence-corrected chi connectivity index (χ0v) is 19.2. The van der Waals surface area contributed by atoms with E-state index in [1.54, 1.807) is 7.11 Å². The summed E-state index contributed by atoms with van der Waals surface area (Å²) in [4.78, 5) is 14.2. The van der Waals surface area contributed by atoms with Crippen LogP contribution in [0, 0.1) is 0 Å². The van der Waals surface area contributed by atoms with E-state index in [2.05, 4.69) is 26.9 Å². The maximum Gasteiger partial charge on any atom is 0.225 e. The minimum Gasteiger partial charge on any atom is -0.497 e. The van der Waals surface area contributed by atoms with Crippen molar-refractivity contribution in [3.63, 3.8) is 0 Å². The van der Waals surface area contributed by atoms with Gasteiger partial charge in [0.15, 0.2) is 0 Å². The lowest BCUT2D eigenvalue weighted by atomic mass is 10.0. The van der Waals surface area contributed by atoms with Gasteiger partial charge in [0, 0.05) is 37.6 Å². The predicted octanol–water partition coefficient (Wildman–Crippen LogP) is 3.28. The molecule has 2 aliphatic rings. The second-order valence-electron chi connectivity index (χ2n) is 8.83. The summed E-state index contributed by atoms with van der Waals surface area (Å²) in [6, 6.07) is 10.5. The molecule has 0 spiro atoms. The lowest BCUT2D eigenvalue weighted by Crippen LogP contribution is -2.24. The molecule has 2 aliphatic heterocycles. The van der Waals surface area contributed by atoms with Crippen LogP contribution in [0.25, 0.3) is 11.3 Å². The first kappa shape index (κ1) is 21.9. The third kappa shape index (κ3) is 4.72. The summed E-state index contributed by atoms with van der Waals surface area (Å²) in [5.74, 6) is 1.67. The number of aliphatic hydroxyl groups excluding tert-OH is 1. The first-order chi connectivity index (χ1) is 16.2. The number of nitrogens with zero attached hydrogens (tertiary/aromatic N) is 6. The molecule has 4 heterocycles. The first-order valence-corrected chi connectivity index (χ1v) is 11.9. The number of ether oxygens (including phenoxy) is 1. The van der Waals surface area contributed by atoms with Crippen LogP contribution >= 0.6 is 0 Å². The lowest BCUT2D eigenvalue weighted by molar-refractivity contribution is 0.240. The van der Waals surface area contributed by atoms with Gasteiger partial charge in [0.2, 0.25) is 5.95 Å². The molecule has 0 radical (unpaired) electrons. The number of hydrogen-bond acceptors (Lipinski definition) is 7. The molecule has 2 aromatic heterocycles. The highest BCUT2D eigenvalue weighted by molar-refractivity contribution is 5.63. The molecule has 0 unspecified atom stereocenters. The summed E-state index contributed by atoms with van der Waals surface area (Å²) in [6.07, 6.45) is 8.46. The summed E-state index contributed by atoms with van der Waals surface area (Å²) >= 11 is 0. The van der Waals surface area contributed by atoms with Crippen molar-refractivity contribution >= 4 is 5.95 Å². The number of aromatic nitrogens is 4. The van der Waals surface area contributed by atoms with Crippen LogP contribution in [0.4, 0.5) is 5.95 Å². The average molecular weight is 449 g/mol. The van der Waals surface area contributed by atoms with E-state index in [9.17, 15) is 5.11 Å². The van der Waals surface area contributed by atoms with Crippen molar-refractivity contribution in [2.24, 2.45) is 0 Å². The standard InChI is InChI=1S/C25H32N6O2/c1-33-20-8-6-19(7-9-20)17-30-14-4-5-23(30)24-21(18-31(28-24)15-16-32)22-10-11-26-25(27-22)29-12-2-3-13-29/h6-11,18,23,32H,2-5,12-17H2,1H3/t23-/m1/s1. The molecular weight excluding hydrogens is 416 g/mol. The molecule has 2 fully saturated rings. The van der Waals surface area contributed by atoms with Gasteiger partial charge in [0.1, 0.15) is 5.75 Å². The van der Waals surface area contributed by atoms with Gasteiger partial charge < -0.3 is 14.7 Å². The molecule has 0 aliphatic carbocycles. The van der Waals surface area contributed by atoms with Gasteiger partial charge in [-0.25, -0.2) is 9.97 Å². The molecule has 8 heteroatoms. The van der Waals surface area contributed by atoms with E-state index in [0.717, 1.165) is 67.7 Å². The summed E-state index contributed by atoms with van der Waals surface area (Å²) in [6.45, 7) is 4.46. The topological polar surface area (TPSA) is 79.5 Å². The fraction of sp³-hybridized carbons (Fsp3) is 0.480. The molecular formula is C25H32N6O2. The summed E-state index contributed by atoms with van der Waals surface area (Å²) < 4.78 is 7.16. The van der Waals surface area contributed by atoms with E-state index in [0.29, 0.717) is 6.54 Å². The Labute approximate surface area is 194 Å². The molecule has 0 saturated carbocycles. The van der Waals surface area contributed by atoms with E-state index in [1.165, 1.54) is 18.4 Å². The Bertz CT molecular complexity index is 1060. The monoisotopic (exact) mass is 448 g/mol. The second-order valence-corrected chi connectivity index (χ2v) is 8.83. The Balaban J connectivity index is 1.45. The number of likely N-dealkylation sites (tertiary alicyclic amines) is 1. The molecule has 1 aromatic carbocycles. The number of methoxy groups -OCH3 is 1. The number of aliphatic hydroxyl groups is 1. The molecule has 33 heavy (non-hydrogen) atoms. The Morgan fingerprint density at radius 2 is 1.88 bits per heavy atom. The van der Waals surface area contributed by atoms with E-state index >= 15 is 0 Å². The van der Waals surface area contributed by atoms with Gasteiger partial charge in [-0.05, 0) is 56.0 Å². The molecule has 5 rings (SSSR count). The summed E-state index contributed by atoms with van der Waals surface area (Å²) in [5.41, 5.74) is 4.25. The van der Waals surface area contributed by atoms with E-state index in [1.807, 2.05) is 35.3 Å². The maximum atomic E-state index is 9.52. The zero-order chi connectivity index (χ0) is 22.6. The van der Waals surface area contributed by atoms with Crippen molar-refractivity contribution < 1.29 is 9.84 Å². The van der Waals surface area contributed by atoms with Gasteiger partial charge in [-0.1, -0.05) is 12.1 Å². The van der Waals surface area contributed by atoms with Gasteiger partial charge in [-0.2, -0.15) is 5.10 Å². The Kier molecular flexibility index (Phi) is 6.55. The lowest BCUT2D eigenvalue weighted by Gasteiger charge is -2.24.